The zero-order valence-corrected chi connectivity index (χ0v) is 11.1. The number of hydrogen-bond donors (Lipinski definition) is 0. The lowest BCUT2D eigenvalue weighted by molar-refractivity contribution is -0.118. The van der Waals surface area contributed by atoms with Gasteiger partial charge in [0.1, 0.15) is 5.78 Å². The largest absolute Gasteiger partial charge is 0.454 e. The van der Waals surface area contributed by atoms with Crippen molar-refractivity contribution in [2.75, 3.05) is 44.4 Å². The quantitative estimate of drug-likeness (QED) is 0.816. The van der Waals surface area contributed by atoms with Gasteiger partial charge < -0.3 is 14.4 Å². The first-order valence-electron chi connectivity index (χ1n) is 6.59. The number of anilines is 1. The summed E-state index contributed by atoms with van der Waals surface area (Å²) in [6, 6.07) is 6.05. The Labute approximate surface area is 112 Å². The molecule has 1 aromatic carbocycles. The van der Waals surface area contributed by atoms with Crippen molar-refractivity contribution >= 4 is 11.5 Å². The van der Waals surface area contributed by atoms with E-state index in [1.54, 1.807) is 6.92 Å². The molecule has 5 heteroatoms. The maximum absolute atomic E-state index is 11.1. The Morgan fingerprint density at radius 2 is 1.89 bits per heavy atom. The van der Waals surface area contributed by atoms with Gasteiger partial charge in [0.2, 0.25) is 6.79 Å². The Balaban J connectivity index is 1.63. The minimum atomic E-state index is 0.233. The fourth-order valence-electron chi connectivity index (χ4n) is 2.56. The number of ether oxygens (including phenoxy) is 2. The Hall–Kier alpha value is -1.75. The van der Waals surface area contributed by atoms with E-state index in [1.165, 1.54) is 0 Å². The van der Waals surface area contributed by atoms with Crippen molar-refractivity contribution in [2.24, 2.45) is 0 Å². The molecule has 0 bridgehead atoms. The van der Waals surface area contributed by atoms with Gasteiger partial charge in [-0.05, 0) is 19.1 Å². The molecule has 0 spiro atoms. The number of Topliss-reactive ketones (excluding diaryl/α,β-unsaturated/α-hetero) is 1. The van der Waals surface area contributed by atoms with Gasteiger partial charge in [0, 0.05) is 37.9 Å². The van der Waals surface area contributed by atoms with Crippen molar-refractivity contribution in [1.82, 2.24) is 4.90 Å². The van der Waals surface area contributed by atoms with E-state index in [4.69, 9.17) is 9.47 Å². The average Bonchev–Trinajstić information content (AvgIpc) is 2.86. The third-order valence-corrected chi connectivity index (χ3v) is 3.54. The van der Waals surface area contributed by atoms with Crippen LogP contribution in [0.4, 0.5) is 5.69 Å². The highest BCUT2D eigenvalue weighted by Gasteiger charge is 2.20. The number of nitrogens with zero attached hydrogens (tertiary/aromatic N) is 2. The number of carbonyl (C=O) groups excluding carboxylic acids is 1. The van der Waals surface area contributed by atoms with Gasteiger partial charge >= 0.3 is 0 Å². The fourth-order valence-corrected chi connectivity index (χ4v) is 2.56. The lowest BCUT2D eigenvalue weighted by atomic mass is 10.2. The molecule has 2 aliphatic heterocycles. The summed E-state index contributed by atoms with van der Waals surface area (Å²) in [5.74, 6) is 1.87. The molecule has 0 unspecified atom stereocenters. The van der Waals surface area contributed by atoms with Gasteiger partial charge in [-0.1, -0.05) is 0 Å². The number of fused-ring (bicyclic) bond motifs is 1. The van der Waals surface area contributed by atoms with Gasteiger partial charge in [0.15, 0.2) is 11.5 Å². The predicted molar refractivity (Wildman–Crippen MR) is 71.9 cm³/mol. The molecule has 102 valence electrons. The molecule has 5 nitrogen and oxygen atoms in total. The van der Waals surface area contributed by atoms with Crippen LogP contribution in [0.25, 0.3) is 0 Å². The molecule has 1 fully saturated rings. The second-order valence-corrected chi connectivity index (χ2v) is 5.00. The molecule has 3 rings (SSSR count). The number of rotatable bonds is 3. The molecule has 0 saturated carbocycles. The third-order valence-electron chi connectivity index (χ3n) is 3.54. The summed E-state index contributed by atoms with van der Waals surface area (Å²) in [5.41, 5.74) is 1.16. The van der Waals surface area contributed by atoms with Crippen molar-refractivity contribution in [3.63, 3.8) is 0 Å². The first-order chi connectivity index (χ1) is 9.22. The number of ketones is 1. The summed E-state index contributed by atoms with van der Waals surface area (Å²) in [4.78, 5) is 15.6. The summed E-state index contributed by atoms with van der Waals surface area (Å²) < 4.78 is 10.7. The highest BCUT2D eigenvalue weighted by Crippen LogP contribution is 2.35. The first kappa shape index (κ1) is 12.3. The van der Waals surface area contributed by atoms with Crippen LogP contribution >= 0.6 is 0 Å². The molecule has 1 saturated heterocycles. The van der Waals surface area contributed by atoms with Crippen LogP contribution in [0.5, 0.6) is 11.5 Å². The van der Waals surface area contributed by atoms with E-state index in [9.17, 15) is 4.79 Å². The van der Waals surface area contributed by atoms with E-state index in [0.717, 1.165) is 43.4 Å². The minimum absolute atomic E-state index is 0.233. The smallest absolute Gasteiger partial charge is 0.231 e. The van der Waals surface area contributed by atoms with Crippen LogP contribution in [-0.4, -0.2) is 50.2 Å². The molecule has 0 aromatic heterocycles. The molecular weight excluding hydrogens is 244 g/mol. The van der Waals surface area contributed by atoms with E-state index in [2.05, 4.69) is 15.9 Å². The topological polar surface area (TPSA) is 42.0 Å². The molecular formula is C14H18N2O3. The zero-order chi connectivity index (χ0) is 13.2. The Kier molecular flexibility index (Phi) is 3.29. The molecule has 2 heterocycles. The van der Waals surface area contributed by atoms with Crippen molar-refractivity contribution in [1.29, 1.82) is 0 Å². The third kappa shape index (κ3) is 2.66. The predicted octanol–water partition coefficient (Wildman–Crippen LogP) is 1.13. The summed E-state index contributed by atoms with van der Waals surface area (Å²) >= 11 is 0. The molecule has 0 amide bonds. The molecule has 0 radical (unpaired) electrons. The van der Waals surface area contributed by atoms with Crippen molar-refractivity contribution < 1.29 is 14.3 Å². The van der Waals surface area contributed by atoms with Crippen LogP contribution in [0.15, 0.2) is 18.2 Å². The Morgan fingerprint density at radius 1 is 1.16 bits per heavy atom. The van der Waals surface area contributed by atoms with Gasteiger partial charge in [-0.25, -0.2) is 0 Å². The SMILES string of the molecule is CC(=O)CN1CCN(c2ccc3c(c2)OCO3)CC1. The molecule has 2 aliphatic rings. The summed E-state index contributed by atoms with van der Waals surface area (Å²) in [7, 11) is 0. The normalized spacial score (nSPS) is 18.7. The average molecular weight is 262 g/mol. The summed E-state index contributed by atoms with van der Waals surface area (Å²) in [6.45, 7) is 6.24. The maximum atomic E-state index is 11.1. The zero-order valence-electron chi connectivity index (χ0n) is 11.1. The highest BCUT2D eigenvalue weighted by molar-refractivity contribution is 5.77. The highest BCUT2D eigenvalue weighted by atomic mass is 16.7. The van der Waals surface area contributed by atoms with E-state index in [1.807, 2.05) is 12.1 Å². The Morgan fingerprint density at radius 3 is 2.63 bits per heavy atom. The maximum Gasteiger partial charge on any atom is 0.231 e. The monoisotopic (exact) mass is 262 g/mol. The van der Waals surface area contributed by atoms with E-state index >= 15 is 0 Å². The number of piperazine rings is 1. The van der Waals surface area contributed by atoms with Gasteiger partial charge in [0.25, 0.3) is 0 Å². The first-order valence-corrected chi connectivity index (χ1v) is 6.59. The number of hydrogen-bond acceptors (Lipinski definition) is 5. The van der Waals surface area contributed by atoms with Crippen LogP contribution in [0.1, 0.15) is 6.92 Å². The van der Waals surface area contributed by atoms with E-state index in [-0.39, 0.29) is 5.78 Å². The molecule has 19 heavy (non-hydrogen) atoms. The second kappa shape index (κ2) is 5.09. The number of carbonyl (C=O) groups is 1. The van der Waals surface area contributed by atoms with E-state index < -0.39 is 0 Å². The summed E-state index contributed by atoms with van der Waals surface area (Å²) in [6.07, 6.45) is 0. The standard InChI is InChI=1S/C14H18N2O3/c1-11(17)9-15-4-6-16(7-5-15)12-2-3-13-14(8-12)19-10-18-13/h2-3,8H,4-7,9-10H2,1H3. The van der Waals surface area contributed by atoms with Gasteiger partial charge in [-0.2, -0.15) is 0 Å². The second-order valence-electron chi connectivity index (χ2n) is 5.00. The van der Waals surface area contributed by atoms with Crippen molar-refractivity contribution in [3.05, 3.63) is 18.2 Å². The number of benzene rings is 1. The van der Waals surface area contributed by atoms with E-state index in [0.29, 0.717) is 13.3 Å². The molecule has 0 N–H and O–H groups in total. The van der Waals surface area contributed by atoms with Crippen LogP contribution in [0, 0.1) is 0 Å². The van der Waals surface area contributed by atoms with Gasteiger partial charge in [0.05, 0.1) is 6.54 Å². The van der Waals surface area contributed by atoms with Crippen molar-refractivity contribution in [2.45, 2.75) is 6.92 Å². The molecule has 0 atom stereocenters. The lowest BCUT2D eigenvalue weighted by Gasteiger charge is -2.35. The molecule has 1 aromatic rings. The fraction of sp³-hybridized carbons (Fsp3) is 0.500. The van der Waals surface area contributed by atoms with Crippen molar-refractivity contribution in [3.8, 4) is 11.5 Å². The summed E-state index contributed by atoms with van der Waals surface area (Å²) in [5, 5.41) is 0. The molecule has 0 aliphatic carbocycles. The van der Waals surface area contributed by atoms with Crippen LogP contribution in [0.2, 0.25) is 0 Å². The van der Waals surface area contributed by atoms with Gasteiger partial charge in [-0.3, -0.25) is 9.69 Å². The van der Waals surface area contributed by atoms with Crippen LogP contribution < -0.4 is 14.4 Å². The minimum Gasteiger partial charge on any atom is -0.454 e. The lowest BCUT2D eigenvalue weighted by Crippen LogP contribution is -2.47. The van der Waals surface area contributed by atoms with Crippen LogP contribution in [-0.2, 0) is 4.79 Å². The van der Waals surface area contributed by atoms with Gasteiger partial charge in [-0.15, -0.1) is 0 Å². The van der Waals surface area contributed by atoms with Crippen LogP contribution in [0.3, 0.4) is 0 Å². The Bertz CT molecular complexity index is 482.